The van der Waals surface area contributed by atoms with E-state index in [1.807, 2.05) is 26.0 Å². The molecule has 0 radical (unpaired) electrons. The lowest BCUT2D eigenvalue weighted by Gasteiger charge is -2.15. The number of aromatic nitrogens is 1. The molecule has 0 aliphatic heterocycles. The predicted octanol–water partition coefficient (Wildman–Crippen LogP) is 1.51. The number of rotatable bonds is 6. The summed E-state index contributed by atoms with van der Waals surface area (Å²) in [5.41, 5.74) is 1.06. The summed E-state index contributed by atoms with van der Waals surface area (Å²) < 4.78 is 4.97. The van der Waals surface area contributed by atoms with E-state index in [9.17, 15) is 4.79 Å². The molecular weight excluding hydrogens is 204 g/mol. The van der Waals surface area contributed by atoms with Gasteiger partial charge in [0.1, 0.15) is 6.04 Å². The molecule has 0 amide bonds. The van der Waals surface area contributed by atoms with Crippen molar-refractivity contribution in [1.29, 1.82) is 0 Å². The fourth-order valence-corrected chi connectivity index (χ4v) is 1.38. The van der Waals surface area contributed by atoms with Crippen LogP contribution in [-0.4, -0.2) is 23.6 Å². The average molecular weight is 222 g/mol. The Morgan fingerprint density at radius 1 is 1.56 bits per heavy atom. The van der Waals surface area contributed by atoms with Crippen LogP contribution in [0.1, 0.15) is 25.8 Å². The van der Waals surface area contributed by atoms with Crippen molar-refractivity contribution in [1.82, 2.24) is 10.3 Å². The van der Waals surface area contributed by atoms with Gasteiger partial charge in [0.05, 0.1) is 6.61 Å². The summed E-state index contributed by atoms with van der Waals surface area (Å²) in [6.07, 6.45) is 4.23. The first kappa shape index (κ1) is 12.6. The van der Waals surface area contributed by atoms with E-state index in [0.717, 1.165) is 12.0 Å². The second-order valence-electron chi connectivity index (χ2n) is 3.46. The van der Waals surface area contributed by atoms with Crippen molar-refractivity contribution in [3.8, 4) is 0 Å². The lowest BCUT2D eigenvalue weighted by molar-refractivity contribution is -0.145. The summed E-state index contributed by atoms with van der Waals surface area (Å²) in [5.74, 6) is -0.186. The summed E-state index contributed by atoms with van der Waals surface area (Å²) in [4.78, 5) is 15.5. The van der Waals surface area contributed by atoms with E-state index in [4.69, 9.17) is 4.74 Å². The number of nitrogens with one attached hydrogen (secondary N) is 1. The maximum absolute atomic E-state index is 11.5. The number of hydrogen-bond acceptors (Lipinski definition) is 4. The molecule has 0 saturated carbocycles. The van der Waals surface area contributed by atoms with Crippen LogP contribution in [0.5, 0.6) is 0 Å². The van der Waals surface area contributed by atoms with E-state index in [0.29, 0.717) is 13.2 Å². The molecule has 0 aromatic carbocycles. The van der Waals surface area contributed by atoms with Crippen molar-refractivity contribution < 1.29 is 9.53 Å². The summed E-state index contributed by atoms with van der Waals surface area (Å²) in [7, 11) is 0. The van der Waals surface area contributed by atoms with Gasteiger partial charge in [0.25, 0.3) is 0 Å². The molecule has 0 aliphatic carbocycles. The standard InChI is InChI=1S/C12H18N2O2/c1-3-11(12(15)16-4-2)14-9-10-6-5-7-13-8-10/h5-8,11,14H,3-4,9H2,1-2H3. The van der Waals surface area contributed by atoms with Crippen LogP contribution >= 0.6 is 0 Å². The molecule has 0 fully saturated rings. The minimum Gasteiger partial charge on any atom is -0.465 e. The zero-order valence-corrected chi connectivity index (χ0v) is 9.77. The van der Waals surface area contributed by atoms with Crippen LogP contribution in [0.2, 0.25) is 0 Å². The number of hydrogen-bond donors (Lipinski definition) is 1. The lowest BCUT2D eigenvalue weighted by Crippen LogP contribution is -2.37. The number of carbonyl (C=O) groups excluding carboxylic acids is 1. The average Bonchev–Trinajstić information content (AvgIpc) is 2.31. The topological polar surface area (TPSA) is 51.2 Å². The maximum Gasteiger partial charge on any atom is 0.323 e. The number of pyridine rings is 1. The highest BCUT2D eigenvalue weighted by molar-refractivity contribution is 5.75. The Labute approximate surface area is 96.0 Å². The largest absolute Gasteiger partial charge is 0.465 e. The number of esters is 1. The van der Waals surface area contributed by atoms with E-state index in [-0.39, 0.29) is 12.0 Å². The minimum atomic E-state index is -0.236. The maximum atomic E-state index is 11.5. The van der Waals surface area contributed by atoms with E-state index in [1.54, 1.807) is 12.4 Å². The molecule has 0 spiro atoms. The summed E-state index contributed by atoms with van der Waals surface area (Å²) in [6, 6.07) is 3.61. The first-order valence-corrected chi connectivity index (χ1v) is 5.56. The molecule has 1 aromatic heterocycles. The molecule has 4 nitrogen and oxygen atoms in total. The Hall–Kier alpha value is -1.42. The van der Waals surface area contributed by atoms with Crippen LogP contribution < -0.4 is 5.32 Å². The van der Waals surface area contributed by atoms with Crippen molar-refractivity contribution in [3.63, 3.8) is 0 Å². The number of carbonyl (C=O) groups is 1. The summed E-state index contributed by atoms with van der Waals surface area (Å²) in [5, 5.41) is 3.16. The van der Waals surface area contributed by atoms with Crippen molar-refractivity contribution in [3.05, 3.63) is 30.1 Å². The van der Waals surface area contributed by atoms with Crippen molar-refractivity contribution >= 4 is 5.97 Å². The molecule has 1 heterocycles. The zero-order valence-electron chi connectivity index (χ0n) is 9.77. The SMILES string of the molecule is CCOC(=O)C(CC)NCc1cccnc1. The third-order valence-corrected chi connectivity index (χ3v) is 2.25. The van der Waals surface area contributed by atoms with E-state index in [1.165, 1.54) is 0 Å². The molecule has 1 aromatic rings. The molecule has 88 valence electrons. The highest BCUT2D eigenvalue weighted by Crippen LogP contribution is 1.99. The zero-order chi connectivity index (χ0) is 11.8. The van der Waals surface area contributed by atoms with Gasteiger partial charge in [0, 0.05) is 18.9 Å². The molecule has 1 N–H and O–H groups in total. The van der Waals surface area contributed by atoms with Gasteiger partial charge in [-0.05, 0) is 25.0 Å². The fraction of sp³-hybridized carbons (Fsp3) is 0.500. The van der Waals surface area contributed by atoms with Crippen LogP contribution in [0.25, 0.3) is 0 Å². The molecule has 1 atom stereocenters. The molecule has 4 heteroatoms. The molecule has 0 aliphatic rings. The smallest absolute Gasteiger partial charge is 0.323 e. The highest BCUT2D eigenvalue weighted by Gasteiger charge is 2.16. The Morgan fingerprint density at radius 2 is 2.38 bits per heavy atom. The van der Waals surface area contributed by atoms with Crippen LogP contribution in [0, 0.1) is 0 Å². The first-order chi connectivity index (χ1) is 7.77. The van der Waals surface area contributed by atoms with Gasteiger partial charge in [0.2, 0.25) is 0 Å². The number of ether oxygens (including phenoxy) is 1. The highest BCUT2D eigenvalue weighted by atomic mass is 16.5. The molecule has 1 rings (SSSR count). The van der Waals surface area contributed by atoms with E-state index in [2.05, 4.69) is 10.3 Å². The van der Waals surface area contributed by atoms with Crippen LogP contribution in [0.3, 0.4) is 0 Å². The summed E-state index contributed by atoms with van der Waals surface area (Å²) in [6.45, 7) is 4.82. The van der Waals surface area contributed by atoms with Crippen molar-refractivity contribution in [2.24, 2.45) is 0 Å². The van der Waals surface area contributed by atoms with E-state index >= 15 is 0 Å². The molecule has 1 unspecified atom stereocenters. The monoisotopic (exact) mass is 222 g/mol. The minimum absolute atomic E-state index is 0.186. The van der Waals surface area contributed by atoms with Gasteiger partial charge < -0.3 is 10.1 Å². The first-order valence-electron chi connectivity index (χ1n) is 5.56. The Kier molecular flexibility index (Phi) is 5.50. The van der Waals surface area contributed by atoms with Crippen molar-refractivity contribution in [2.45, 2.75) is 32.9 Å². The van der Waals surface area contributed by atoms with Gasteiger partial charge in [0.15, 0.2) is 0 Å². The Balaban J connectivity index is 2.43. The molecule has 0 bridgehead atoms. The van der Waals surface area contributed by atoms with Gasteiger partial charge in [-0.25, -0.2) is 0 Å². The Morgan fingerprint density at radius 3 is 2.94 bits per heavy atom. The predicted molar refractivity (Wildman–Crippen MR) is 61.8 cm³/mol. The van der Waals surface area contributed by atoms with Crippen LogP contribution in [0.15, 0.2) is 24.5 Å². The van der Waals surface area contributed by atoms with Crippen LogP contribution in [-0.2, 0) is 16.1 Å². The molecule has 0 saturated heterocycles. The van der Waals surface area contributed by atoms with E-state index < -0.39 is 0 Å². The van der Waals surface area contributed by atoms with Gasteiger partial charge in [-0.3, -0.25) is 9.78 Å². The van der Waals surface area contributed by atoms with Gasteiger partial charge >= 0.3 is 5.97 Å². The normalized spacial score (nSPS) is 12.1. The van der Waals surface area contributed by atoms with Gasteiger partial charge in [-0.1, -0.05) is 13.0 Å². The molecule has 16 heavy (non-hydrogen) atoms. The lowest BCUT2D eigenvalue weighted by atomic mass is 10.2. The van der Waals surface area contributed by atoms with Gasteiger partial charge in [-0.15, -0.1) is 0 Å². The Bertz CT molecular complexity index is 314. The van der Waals surface area contributed by atoms with Crippen molar-refractivity contribution in [2.75, 3.05) is 6.61 Å². The number of nitrogens with zero attached hydrogens (tertiary/aromatic N) is 1. The third kappa shape index (κ3) is 3.98. The van der Waals surface area contributed by atoms with Crippen LogP contribution in [0.4, 0.5) is 0 Å². The fourth-order valence-electron chi connectivity index (χ4n) is 1.38. The second-order valence-corrected chi connectivity index (χ2v) is 3.46. The second kappa shape index (κ2) is 6.95. The third-order valence-electron chi connectivity index (χ3n) is 2.25. The van der Waals surface area contributed by atoms with Gasteiger partial charge in [-0.2, -0.15) is 0 Å². The molecular formula is C12H18N2O2. The summed E-state index contributed by atoms with van der Waals surface area (Å²) >= 11 is 0. The quantitative estimate of drug-likeness (QED) is 0.741.